The summed E-state index contributed by atoms with van der Waals surface area (Å²) in [5, 5.41) is 0. The van der Waals surface area contributed by atoms with Gasteiger partial charge in [-0.1, -0.05) is 47.6 Å². The van der Waals surface area contributed by atoms with Gasteiger partial charge in [0.1, 0.15) is 6.61 Å². The van der Waals surface area contributed by atoms with E-state index in [0.717, 1.165) is 18.4 Å². The van der Waals surface area contributed by atoms with Gasteiger partial charge in [0.2, 0.25) is 0 Å². The fraction of sp³-hybridized carbons (Fsp3) is 0.421. The summed E-state index contributed by atoms with van der Waals surface area (Å²) >= 11 is 0. The van der Waals surface area contributed by atoms with Crippen LogP contribution < -0.4 is 5.73 Å². The Kier molecular flexibility index (Phi) is 8.23. The minimum Gasteiger partial charge on any atom is -0.461 e. The number of carbonyl (C=O) groups is 1. The van der Waals surface area contributed by atoms with Gasteiger partial charge in [0, 0.05) is 6.04 Å². The minimum atomic E-state index is -0.309. The zero-order chi connectivity index (χ0) is 16.4. The Morgan fingerprint density at radius 3 is 2.50 bits per heavy atom. The third-order valence-electron chi connectivity index (χ3n) is 3.38. The Morgan fingerprint density at radius 1 is 1.18 bits per heavy atom. The summed E-state index contributed by atoms with van der Waals surface area (Å²) in [5.74, 6) is -0.260. The van der Waals surface area contributed by atoms with E-state index in [2.05, 4.69) is 26.8 Å². The summed E-state index contributed by atoms with van der Waals surface area (Å²) < 4.78 is 5.22. The van der Waals surface area contributed by atoms with E-state index in [-0.39, 0.29) is 18.4 Å². The molecule has 0 amide bonds. The normalized spacial score (nSPS) is 12.6. The molecular weight excluding hydrogens is 274 g/mol. The Hall–Kier alpha value is -1.87. The van der Waals surface area contributed by atoms with Gasteiger partial charge in [-0.15, -0.1) is 0 Å². The molecular formula is C19H27NO2. The van der Waals surface area contributed by atoms with Crippen LogP contribution in [0.4, 0.5) is 0 Å². The maximum Gasteiger partial charge on any atom is 0.308 e. The van der Waals surface area contributed by atoms with Gasteiger partial charge in [0.05, 0.1) is 6.42 Å². The Bertz CT molecular complexity index is 513. The van der Waals surface area contributed by atoms with Crippen molar-refractivity contribution in [3.05, 3.63) is 59.2 Å². The quantitative estimate of drug-likeness (QED) is 0.575. The van der Waals surface area contributed by atoms with Crippen LogP contribution in [0.25, 0.3) is 0 Å². The zero-order valence-corrected chi connectivity index (χ0v) is 13.8. The van der Waals surface area contributed by atoms with E-state index in [1.54, 1.807) is 0 Å². The maximum atomic E-state index is 11.8. The molecule has 0 aliphatic heterocycles. The van der Waals surface area contributed by atoms with E-state index in [0.29, 0.717) is 6.61 Å². The second-order valence-corrected chi connectivity index (χ2v) is 5.77. The molecule has 0 aliphatic rings. The summed E-state index contributed by atoms with van der Waals surface area (Å²) in [7, 11) is 0. The number of hydrogen-bond acceptors (Lipinski definition) is 3. The second kappa shape index (κ2) is 9.96. The Balaban J connectivity index is 2.29. The first-order chi connectivity index (χ1) is 10.5. The van der Waals surface area contributed by atoms with Crippen LogP contribution in [0, 0.1) is 0 Å². The fourth-order valence-corrected chi connectivity index (χ4v) is 2.02. The molecule has 0 aliphatic carbocycles. The third-order valence-corrected chi connectivity index (χ3v) is 3.38. The van der Waals surface area contributed by atoms with E-state index in [9.17, 15) is 4.79 Å². The lowest BCUT2D eigenvalue weighted by molar-refractivity contribution is -0.142. The molecule has 0 saturated heterocycles. The van der Waals surface area contributed by atoms with Crippen molar-refractivity contribution in [2.75, 3.05) is 6.61 Å². The number of ether oxygens (including phenoxy) is 1. The van der Waals surface area contributed by atoms with Crippen molar-refractivity contribution in [1.29, 1.82) is 0 Å². The molecule has 22 heavy (non-hydrogen) atoms. The Labute approximate surface area is 133 Å². The molecule has 0 radical (unpaired) electrons. The van der Waals surface area contributed by atoms with Crippen LogP contribution >= 0.6 is 0 Å². The standard InChI is InChI=1S/C19H27NO2/c1-15(2)8-7-9-16(3)12-13-22-19(21)14-18(20)17-10-5-4-6-11-17/h4-6,8,10-12,18H,7,9,13-14,20H2,1-3H3/b16-12+. The lowest BCUT2D eigenvalue weighted by Crippen LogP contribution is -2.17. The van der Waals surface area contributed by atoms with Gasteiger partial charge in [-0.3, -0.25) is 4.79 Å². The highest BCUT2D eigenvalue weighted by atomic mass is 16.5. The highest BCUT2D eigenvalue weighted by molar-refractivity contribution is 5.70. The van der Waals surface area contributed by atoms with Crippen LogP contribution in [-0.4, -0.2) is 12.6 Å². The molecule has 1 atom stereocenters. The van der Waals surface area contributed by atoms with E-state index in [1.165, 1.54) is 11.1 Å². The molecule has 0 aromatic heterocycles. The summed E-state index contributed by atoms with van der Waals surface area (Å²) in [6, 6.07) is 9.29. The van der Waals surface area contributed by atoms with Gasteiger partial charge in [0.15, 0.2) is 0 Å². The molecule has 3 heteroatoms. The van der Waals surface area contributed by atoms with Crippen molar-refractivity contribution in [3.63, 3.8) is 0 Å². The molecule has 1 aromatic carbocycles. The lowest BCUT2D eigenvalue weighted by atomic mass is 10.1. The smallest absolute Gasteiger partial charge is 0.308 e. The van der Waals surface area contributed by atoms with Crippen molar-refractivity contribution >= 4 is 5.97 Å². The monoisotopic (exact) mass is 301 g/mol. The Morgan fingerprint density at radius 2 is 1.86 bits per heavy atom. The molecule has 2 N–H and O–H groups in total. The number of rotatable bonds is 8. The summed E-state index contributed by atoms with van der Waals surface area (Å²) in [6.07, 6.45) is 6.39. The number of benzene rings is 1. The molecule has 0 bridgehead atoms. The van der Waals surface area contributed by atoms with Crippen molar-refractivity contribution < 1.29 is 9.53 Å². The number of carbonyl (C=O) groups excluding carboxylic acids is 1. The predicted octanol–water partition coefficient (Wildman–Crippen LogP) is 4.31. The first kappa shape index (κ1) is 18.2. The molecule has 1 rings (SSSR count). The van der Waals surface area contributed by atoms with Gasteiger partial charge < -0.3 is 10.5 Å². The van der Waals surface area contributed by atoms with Crippen molar-refractivity contribution in [2.24, 2.45) is 5.73 Å². The molecule has 120 valence electrons. The van der Waals surface area contributed by atoms with Crippen LogP contribution in [0.1, 0.15) is 51.6 Å². The molecule has 3 nitrogen and oxygen atoms in total. The molecule has 0 spiro atoms. The van der Waals surface area contributed by atoms with Crippen LogP contribution in [-0.2, 0) is 9.53 Å². The molecule has 0 heterocycles. The highest BCUT2D eigenvalue weighted by Crippen LogP contribution is 2.14. The molecule has 1 aromatic rings. The lowest BCUT2D eigenvalue weighted by Gasteiger charge is -2.11. The van der Waals surface area contributed by atoms with E-state index < -0.39 is 0 Å². The van der Waals surface area contributed by atoms with E-state index >= 15 is 0 Å². The zero-order valence-electron chi connectivity index (χ0n) is 13.8. The van der Waals surface area contributed by atoms with Crippen molar-refractivity contribution in [3.8, 4) is 0 Å². The molecule has 1 unspecified atom stereocenters. The van der Waals surface area contributed by atoms with Crippen molar-refractivity contribution in [2.45, 2.75) is 46.1 Å². The van der Waals surface area contributed by atoms with E-state index in [1.807, 2.05) is 36.4 Å². The van der Waals surface area contributed by atoms with Crippen LogP contribution in [0.2, 0.25) is 0 Å². The number of esters is 1. The molecule has 0 saturated carbocycles. The van der Waals surface area contributed by atoms with Gasteiger partial charge in [-0.25, -0.2) is 0 Å². The average molecular weight is 301 g/mol. The first-order valence-electron chi connectivity index (χ1n) is 7.74. The van der Waals surface area contributed by atoms with Crippen LogP contribution in [0.5, 0.6) is 0 Å². The first-order valence-corrected chi connectivity index (χ1v) is 7.74. The second-order valence-electron chi connectivity index (χ2n) is 5.77. The van der Waals surface area contributed by atoms with Crippen molar-refractivity contribution in [1.82, 2.24) is 0 Å². The topological polar surface area (TPSA) is 52.3 Å². The number of nitrogens with two attached hydrogens (primary N) is 1. The van der Waals surface area contributed by atoms with Gasteiger partial charge in [0.25, 0.3) is 0 Å². The third kappa shape index (κ3) is 7.79. The van der Waals surface area contributed by atoms with Crippen LogP contribution in [0.15, 0.2) is 53.6 Å². The summed E-state index contributed by atoms with van der Waals surface area (Å²) in [4.78, 5) is 11.8. The fourth-order valence-electron chi connectivity index (χ4n) is 2.02. The largest absolute Gasteiger partial charge is 0.461 e. The van der Waals surface area contributed by atoms with Gasteiger partial charge in [-0.2, -0.15) is 0 Å². The molecule has 0 fully saturated rings. The summed E-state index contributed by atoms with van der Waals surface area (Å²) in [5.41, 5.74) is 9.51. The van der Waals surface area contributed by atoms with Gasteiger partial charge in [-0.05, 0) is 45.3 Å². The predicted molar refractivity (Wildman–Crippen MR) is 91.4 cm³/mol. The van der Waals surface area contributed by atoms with Crippen LogP contribution in [0.3, 0.4) is 0 Å². The van der Waals surface area contributed by atoms with E-state index in [4.69, 9.17) is 10.5 Å². The minimum absolute atomic E-state index is 0.203. The maximum absolute atomic E-state index is 11.8. The summed E-state index contributed by atoms with van der Waals surface area (Å²) in [6.45, 7) is 6.57. The SMILES string of the molecule is CC(C)=CCC/C(C)=C/COC(=O)CC(N)c1ccccc1. The van der Waals surface area contributed by atoms with Gasteiger partial charge >= 0.3 is 5.97 Å². The average Bonchev–Trinajstić information content (AvgIpc) is 2.47. The number of hydrogen-bond donors (Lipinski definition) is 1. The highest BCUT2D eigenvalue weighted by Gasteiger charge is 2.11. The number of allylic oxidation sites excluding steroid dienone is 3.